The summed E-state index contributed by atoms with van der Waals surface area (Å²) < 4.78 is 12.1. The van der Waals surface area contributed by atoms with Crippen LogP contribution in [0, 0.1) is 0 Å². The number of Topliss-reactive ketones (excluding diaryl/α,β-unsaturated/α-hetero) is 1. The average Bonchev–Trinajstić information content (AvgIpc) is 2.69. The van der Waals surface area contributed by atoms with Crippen molar-refractivity contribution in [2.75, 3.05) is 41.5 Å². The second-order valence-corrected chi connectivity index (χ2v) is 10.1. The molecule has 0 saturated heterocycles. The molecule has 2 atom stereocenters. The predicted molar refractivity (Wildman–Crippen MR) is 129 cm³/mol. The Kier molecular flexibility index (Phi) is 19.0. The second kappa shape index (κ2) is 19.3. The number of ether oxygens (including phenoxy) is 2. The standard InChI is InChI=1S/C26H54NO3/c1-7-8-9-10-11-12-13-14-15-16-17-18-19-20-25(28)22-30-23-26(29-6)21-24(2)27(3,4)5/h24,26H,7-23H2,1-6H3/q+1. The molecule has 4 nitrogen and oxygen atoms in total. The minimum Gasteiger partial charge on any atom is -0.379 e. The molecule has 0 aromatic carbocycles. The lowest BCUT2D eigenvalue weighted by atomic mass is 10.0. The molecule has 2 unspecified atom stereocenters. The summed E-state index contributed by atoms with van der Waals surface area (Å²) in [5, 5.41) is 0. The first-order chi connectivity index (χ1) is 14.3. The molecule has 0 aromatic rings. The van der Waals surface area contributed by atoms with Crippen LogP contribution in [0.25, 0.3) is 0 Å². The number of ketones is 1. The van der Waals surface area contributed by atoms with Gasteiger partial charge < -0.3 is 14.0 Å². The molecule has 0 spiro atoms. The van der Waals surface area contributed by atoms with Crippen LogP contribution in [0.15, 0.2) is 0 Å². The van der Waals surface area contributed by atoms with Crippen LogP contribution >= 0.6 is 0 Å². The third kappa shape index (κ3) is 18.3. The first kappa shape index (κ1) is 29.5. The Morgan fingerprint density at radius 3 is 1.70 bits per heavy atom. The monoisotopic (exact) mass is 428 g/mol. The van der Waals surface area contributed by atoms with Gasteiger partial charge in [-0.1, -0.05) is 84.0 Å². The molecule has 30 heavy (non-hydrogen) atoms. The Balaban J connectivity index is 3.51. The number of rotatable bonds is 22. The molecule has 0 heterocycles. The van der Waals surface area contributed by atoms with Crippen LogP contribution < -0.4 is 0 Å². The molecule has 0 aliphatic rings. The van der Waals surface area contributed by atoms with Gasteiger partial charge in [-0.15, -0.1) is 0 Å². The lowest BCUT2D eigenvalue weighted by Crippen LogP contribution is -2.45. The lowest BCUT2D eigenvalue weighted by Gasteiger charge is -2.33. The number of carbonyl (C=O) groups excluding carboxylic acids is 1. The summed E-state index contributed by atoms with van der Waals surface area (Å²) in [6.45, 7) is 5.24. The first-order valence-electron chi connectivity index (χ1n) is 12.7. The van der Waals surface area contributed by atoms with Gasteiger partial charge in [-0.05, 0) is 13.3 Å². The number of nitrogens with zero attached hydrogens (tertiary/aromatic N) is 1. The Morgan fingerprint density at radius 1 is 0.800 bits per heavy atom. The number of hydrogen-bond acceptors (Lipinski definition) is 3. The quantitative estimate of drug-likeness (QED) is 0.145. The van der Waals surface area contributed by atoms with E-state index in [1.807, 2.05) is 0 Å². The van der Waals surface area contributed by atoms with Crippen LogP contribution in [-0.4, -0.2) is 63.9 Å². The van der Waals surface area contributed by atoms with Gasteiger partial charge in [-0.25, -0.2) is 0 Å². The number of carbonyl (C=O) groups is 1. The molecule has 0 amide bonds. The smallest absolute Gasteiger partial charge is 0.158 e. The summed E-state index contributed by atoms with van der Waals surface area (Å²) in [7, 11) is 8.30. The van der Waals surface area contributed by atoms with Crippen LogP contribution in [0.5, 0.6) is 0 Å². The molecule has 180 valence electrons. The fraction of sp³-hybridized carbons (Fsp3) is 0.962. The van der Waals surface area contributed by atoms with Crippen LogP contribution in [0.3, 0.4) is 0 Å². The van der Waals surface area contributed by atoms with E-state index >= 15 is 0 Å². The zero-order chi connectivity index (χ0) is 22.7. The van der Waals surface area contributed by atoms with Crippen LogP contribution in [-0.2, 0) is 14.3 Å². The third-order valence-electron chi connectivity index (χ3n) is 6.39. The van der Waals surface area contributed by atoms with Gasteiger partial charge in [0.15, 0.2) is 5.78 Å². The maximum atomic E-state index is 12.0. The molecule has 0 aromatic heterocycles. The van der Waals surface area contributed by atoms with E-state index in [0.29, 0.717) is 19.1 Å². The number of unbranched alkanes of at least 4 members (excludes halogenated alkanes) is 12. The van der Waals surface area contributed by atoms with E-state index in [-0.39, 0.29) is 18.5 Å². The minimum atomic E-state index is 0.0569. The highest BCUT2D eigenvalue weighted by Crippen LogP contribution is 2.14. The fourth-order valence-corrected chi connectivity index (χ4v) is 3.65. The highest BCUT2D eigenvalue weighted by atomic mass is 16.5. The van der Waals surface area contributed by atoms with Gasteiger partial charge in [-0.2, -0.15) is 0 Å². The third-order valence-corrected chi connectivity index (χ3v) is 6.39. The van der Waals surface area contributed by atoms with Crippen molar-refractivity contribution >= 4 is 5.78 Å². The Hall–Kier alpha value is -0.450. The molecular weight excluding hydrogens is 374 g/mol. The summed E-state index contributed by atoms with van der Waals surface area (Å²) in [5.41, 5.74) is 0. The van der Waals surface area contributed by atoms with E-state index in [1.54, 1.807) is 7.11 Å². The van der Waals surface area contributed by atoms with E-state index < -0.39 is 0 Å². The molecule has 4 heteroatoms. The maximum Gasteiger partial charge on any atom is 0.158 e. The highest BCUT2D eigenvalue weighted by Gasteiger charge is 2.23. The number of hydrogen-bond donors (Lipinski definition) is 0. The Labute approximate surface area is 188 Å². The Bertz CT molecular complexity index is 392. The largest absolute Gasteiger partial charge is 0.379 e. The van der Waals surface area contributed by atoms with E-state index in [1.165, 1.54) is 77.0 Å². The van der Waals surface area contributed by atoms with Gasteiger partial charge in [-0.3, -0.25) is 4.79 Å². The van der Waals surface area contributed by atoms with E-state index in [4.69, 9.17) is 9.47 Å². The van der Waals surface area contributed by atoms with Crippen molar-refractivity contribution in [3.63, 3.8) is 0 Å². The molecule has 0 bridgehead atoms. The SMILES string of the molecule is CCCCCCCCCCCCCCCC(=O)COCC(CC(C)[N+](C)(C)C)OC. The zero-order valence-corrected chi connectivity index (χ0v) is 21.3. The summed E-state index contributed by atoms with van der Waals surface area (Å²) in [6.07, 6.45) is 19.0. The summed E-state index contributed by atoms with van der Waals surface area (Å²) in [6, 6.07) is 0.486. The number of quaternary nitrogens is 1. The molecular formula is C26H54NO3+. The molecule has 0 aliphatic carbocycles. The molecule has 0 N–H and O–H groups in total. The van der Waals surface area contributed by atoms with Gasteiger partial charge in [0, 0.05) is 20.0 Å². The van der Waals surface area contributed by atoms with E-state index in [2.05, 4.69) is 35.0 Å². The summed E-state index contributed by atoms with van der Waals surface area (Å²) in [5.74, 6) is 0.229. The lowest BCUT2D eigenvalue weighted by molar-refractivity contribution is -0.894. The van der Waals surface area contributed by atoms with E-state index in [0.717, 1.165) is 17.3 Å². The zero-order valence-electron chi connectivity index (χ0n) is 21.3. The van der Waals surface area contributed by atoms with Gasteiger partial charge in [0.25, 0.3) is 0 Å². The van der Waals surface area contributed by atoms with E-state index in [9.17, 15) is 4.79 Å². The van der Waals surface area contributed by atoms with Crippen molar-refractivity contribution in [2.24, 2.45) is 0 Å². The second-order valence-electron chi connectivity index (χ2n) is 10.1. The van der Waals surface area contributed by atoms with Gasteiger partial charge in [0.05, 0.1) is 39.9 Å². The van der Waals surface area contributed by atoms with Crippen molar-refractivity contribution in [1.82, 2.24) is 0 Å². The van der Waals surface area contributed by atoms with Gasteiger partial charge >= 0.3 is 0 Å². The average molecular weight is 429 g/mol. The predicted octanol–water partition coefficient (Wildman–Crippen LogP) is 6.55. The molecule has 0 aliphatic heterocycles. The van der Waals surface area contributed by atoms with Crippen LogP contribution in [0.4, 0.5) is 0 Å². The van der Waals surface area contributed by atoms with Gasteiger partial charge in [0.1, 0.15) is 6.61 Å². The first-order valence-corrected chi connectivity index (χ1v) is 12.7. The van der Waals surface area contributed by atoms with Crippen molar-refractivity contribution in [3.8, 4) is 0 Å². The van der Waals surface area contributed by atoms with Crippen molar-refractivity contribution in [2.45, 2.75) is 122 Å². The molecule has 0 fully saturated rings. The van der Waals surface area contributed by atoms with Crippen molar-refractivity contribution in [1.29, 1.82) is 0 Å². The van der Waals surface area contributed by atoms with Gasteiger partial charge in [0.2, 0.25) is 0 Å². The molecule has 0 saturated carbocycles. The van der Waals surface area contributed by atoms with Crippen molar-refractivity contribution in [3.05, 3.63) is 0 Å². The highest BCUT2D eigenvalue weighted by molar-refractivity contribution is 5.79. The van der Waals surface area contributed by atoms with Crippen LogP contribution in [0.2, 0.25) is 0 Å². The molecule has 0 radical (unpaired) electrons. The maximum absolute atomic E-state index is 12.0. The normalized spacial score (nSPS) is 14.1. The number of methoxy groups -OCH3 is 1. The summed E-state index contributed by atoms with van der Waals surface area (Å²) >= 11 is 0. The van der Waals surface area contributed by atoms with Crippen LogP contribution in [0.1, 0.15) is 110 Å². The fourth-order valence-electron chi connectivity index (χ4n) is 3.65. The summed E-state index contributed by atoms with van der Waals surface area (Å²) in [4.78, 5) is 12.0. The Morgan fingerprint density at radius 2 is 1.27 bits per heavy atom. The molecule has 0 rings (SSSR count). The minimum absolute atomic E-state index is 0.0569. The topological polar surface area (TPSA) is 35.5 Å². The van der Waals surface area contributed by atoms with Crippen molar-refractivity contribution < 1.29 is 18.8 Å².